The van der Waals surface area contributed by atoms with E-state index in [4.69, 9.17) is 12.2 Å². The molecule has 0 aliphatic heterocycles. The van der Waals surface area contributed by atoms with Crippen LogP contribution in [-0.4, -0.2) is 23.1 Å². The standard InChI is InChI=1S/C14H22N2S2/c1-11(13-9-6-10-18-13)16(2)14(17)15-12-7-4-3-5-8-12/h6,9-12H,3-5,7-8H2,1-2H3,(H,15,17). The molecule has 0 bridgehead atoms. The molecule has 0 aromatic carbocycles. The van der Waals surface area contributed by atoms with Crippen molar-refractivity contribution in [1.29, 1.82) is 0 Å². The third-order valence-electron chi connectivity index (χ3n) is 3.79. The third kappa shape index (κ3) is 3.45. The van der Waals surface area contributed by atoms with E-state index in [1.807, 2.05) is 0 Å². The minimum absolute atomic E-state index is 0.355. The molecule has 2 rings (SSSR count). The van der Waals surface area contributed by atoms with Crippen LogP contribution in [-0.2, 0) is 0 Å². The fourth-order valence-electron chi connectivity index (χ4n) is 2.42. The van der Waals surface area contributed by atoms with Gasteiger partial charge in [0.05, 0.1) is 6.04 Å². The molecular weight excluding hydrogens is 260 g/mol. The summed E-state index contributed by atoms with van der Waals surface area (Å²) in [7, 11) is 2.09. The Bertz CT molecular complexity index is 369. The Morgan fingerprint density at radius 1 is 1.44 bits per heavy atom. The van der Waals surface area contributed by atoms with Crippen LogP contribution >= 0.6 is 23.6 Å². The van der Waals surface area contributed by atoms with Crippen molar-refractivity contribution in [2.24, 2.45) is 0 Å². The normalized spacial score (nSPS) is 18.3. The summed E-state index contributed by atoms with van der Waals surface area (Å²) >= 11 is 7.32. The summed E-state index contributed by atoms with van der Waals surface area (Å²) in [6.07, 6.45) is 6.59. The Balaban J connectivity index is 1.87. The molecule has 0 radical (unpaired) electrons. The monoisotopic (exact) mass is 282 g/mol. The maximum absolute atomic E-state index is 5.53. The van der Waals surface area contributed by atoms with Gasteiger partial charge in [0.25, 0.3) is 0 Å². The zero-order valence-corrected chi connectivity index (χ0v) is 12.8. The van der Waals surface area contributed by atoms with Crippen LogP contribution in [0.1, 0.15) is 49.9 Å². The summed E-state index contributed by atoms with van der Waals surface area (Å²) in [6.45, 7) is 2.21. The molecule has 1 fully saturated rings. The second-order valence-electron chi connectivity index (χ2n) is 5.09. The van der Waals surface area contributed by atoms with Crippen molar-refractivity contribution < 1.29 is 0 Å². The Morgan fingerprint density at radius 2 is 2.17 bits per heavy atom. The predicted molar refractivity (Wildman–Crippen MR) is 83.1 cm³/mol. The van der Waals surface area contributed by atoms with E-state index < -0.39 is 0 Å². The predicted octanol–water partition coefficient (Wildman–Crippen LogP) is 3.95. The van der Waals surface area contributed by atoms with Gasteiger partial charge in [0.15, 0.2) is 5.11 Å². The van der Waals surface area contributed by atoms with Crippen molar-refractivity contribution in [2.45, 2.75) is 51.1 Å². The number of thiophene rings is 1. The van der Waals surface area contributed by atoms with Crippen LogP contribution in [0.3, 0.4) is 0 Å². The largest absolute Gasteiger partial charge is 0.360 e. The molecule has 0 saturated heterocycles. The zero-order valence-electron chi connectivity index (χ0n) is 11.2. The van der Waals surface area contributed by atoms with Gasteiger partial charge in [-0.25, -0.2) is 0 Å². The zero-order chi connectivity index (χ0) is 13.0. The van der Waals surface area contributed by atoms with Crippen molar-refractivity contribution in [3.63, 3.8) is 0 Å². The van der Waals surface area contributed by atoms with Crippen LogP contribution in [0.2, 0.25) is 0 Å². The van der Waals surface area contributed by atoms with E-state index in [9.17, 15) is 0 Å². The van der Waals surface area contributed by atoms with Gasteiger partial charge in [0.1, 0.15) is 0 Å². The van der Waals surface area contributed by atoms with Crippen molar-refractivity contribution in [2.75, 3.05) is 7.05 Å². The number of nitrogens with zero attached hydrogens (tertiary/aromatic N) is 1. The van der Waals surface area contributed by atoms with E-state index in [1.54, 1.807) is 11.3 Å². The summed E-state index contributed by atoms with van der Waals surface area (Å²) in [5.74, 6) is 0. The molecule has 1 aromatic rings. The van der Waals surface area contributed by atoms with Crippen molar-refractivity contribution in [3.05, 3.63) is 22.4 Å². The molecule has 1 atom stereocenters. The molecular formula is C14H22N2S2. The molecule has 0 amide bonds. The van der Waals surface area contributed by atoms with E-state index in [0.717, 1.165) is 5.11 Å². The molecule has 1 aliphatic rings. The van der Waals surface area contributed by atoms with E-state index in [-0.39, 0.29) is 0 Å². The lowest BCUT2D eigenvalue weighted by Crippen LogP contribution is -2.44. The second kappa shape index (κ2) is 6.53. The van der Waals surface area contributed by atoms with E-state index in [2.05, 4.69) is 41.7 Å². The lowest BCUT2D eigenvalue weighted by atomic mass is 9.96. The van der Waals surface area contributed by atoms with Gasteiger partial charge < -0.3 is 10.2 Å². The first-order chi connectivity index (χ1) is 8.68. The Morgan fingerprint density at radius 3 is 2.78 bits per heavy atom. The van der Waals surface area contributed by atoms with Crippen LogP contribution in [0, 0.1) is 0 Å². The highest BCUT2D eigenvalue weighted by atomic mass is 32.1. The molecule has 1 heterocycles. The number of hydrogen-bond donors (Lipinski definition) is 1. The van der Waals surface area contributed by atoms with Crippen LogP contribution in [0.5, 0.6) is 0 Å². The topological polar surface area (TPSA) is 15.3 Å². The number of thiocarbonyl (C=S) groups is 1. The Labute approximate surface area is 119 Å². The minimum atomic E-state index is 0.355. The number of hydrogen-bond acceptors (Lipinski definition) is 2. The molecule has 1 unspecified atom stereocenters. The van der Waals surface area contributed by atoms with Gasteiger partial charge in [-0.3, -0.25) is 0 Å². The highest BCUT2D eigenvalue weighted by molar-refractivity contribution is 7.80. The molecule has 1 aliphatic carbocycles. The summed E-state index contributed by atoms with van der Waals surface area (Å²) in [4.78, 5) is 3.54. The van der Waals surface area contributed by atoms with Gasteiger partial charge in [-0.2, -0.15) is 0 Å². The first-order valence-electron chi connectivity index (χ1n) is 6.75. The van der Waals surface area contributed by atoms with E-state index >= 15 is 0 Å². The third-order valence-corrected chi connectivity index (χ3v) is 5.24. The maximum Gasteiger partial charge on any atom is 0.169 e. The molecule has 100 valence electrons. The summed E-state index contributed by atoms with van der Waals surface area (Å²) < 4.78 is 0. The number of rotatable bonds is 3. The summed E-state index contributed by atoms with van der Waals surface area (Å²) in [5, 5.41) is 6.54. The van der Waals surface area contributed by atoms with Gasteiger partial charge in [0, 0.05) is 18.0 Å². The lowest BCUT2D eigenvalue weighted by Gasteiger charge is -2.31. The summed E-state index contributed by atoms with van der Waals surface area (Å²) in [5.41, 5.74) is 0. The fraction of sp³-hybridized carbons (Fsp3) is 0.643. The van der Waals surface area contributed by atoms with Crippen LogP contribution in [0.25, 0.3) is 0 Å². The highest BCUT2D eigenvalue weighted by Gasteiger charge is 2.19. The van der Waals surface area contributed by atoms with Crippen LogP contribution in [0.4, 0.5) is 0 Å². The lowest BCUT2D eigenvalue weighted by molar-refractivity contribution is 0.365. The Kier molecular flexibility index (Phi) is 5.01. The van der Waals surface area contributed by atoms with Crippen molar-refractivity contribution in [3.8, 4) is 0 Å². The average Bonchev–Trinajstić information content (AvgIpc) is 2.92. The summed E-state index contributed by atoms with van der Waals surface area (Å²) in [6, 6.07) is 5.22. The van der Waals surface area contributed by atoms with Gasteiger partial charge in [-0.05, 0) is 43.4 Å². The fourth-order valence-corrected chi connectivity index (χ4v) is 3.57. The smallest absolute Gasteiger partial charge is 0.169 e. The minimum Gasteiger partial charge on any atom is -0.360 e. The molecule has 1 aromatic heterocycles. The van der Waals surface area contributed by atoms with Gasteiger partial charge >= 0.3 is 0 Å². The molecule has 18 heavy (non-hydrogen) atoms. The molecule has 1 N–H and O–H groups in total. The van der Waals surface area contributed by atoms with Gasteiger partial charge in [-0.1, -0.05) is 25.3 Å². The average molecular weight is 282 g/mol. The second-order valence-corrected chi connectivity index (χ2v) is 6.45. The van der Waals surface area contributed by atoms with Crippen LogP contribution < -0.4 is 5.32 Å². The SMILES string of the molecule is CC(c1cccs1)N(C)C(=S)NC1CCCCC1. The van der Waals surface area contributed by atoms with E-state index in [1.165, 1.54) is 37.0 Å². The first kappa shape index (κ1) is 13.8. The Hall–Kier alpha value is -0.610. The molecule has 2 nitrogen and oxygen atoms in total. The number of nitrogens with one attached hydrogen (secondary N) is 1. The highest BCUT2D eigenvalue weighted by Crippen LogP contribution is 2.24. The van der Waals surface area contributed by atoms with Gasteiger partial charge in [0.2, 0.25) is 0 Å². The molecule has 1 saturated carbocycles. The van der Waals surface area contributed by atoms with Crippen molar-refractivity contribution >= 4 is 28.7 Å². The molecule has 4 heteroatoms. The van der Waals surface area contributed by atoms with E-state index in [0.29, 0.717) is 12.1 Å². The van der Waals surface area contributed by atoms with Gasteiger partial charge in [-0.15, -0.1) is 11.3 Å². The quantitative estimate of drug-likeness (QED) is 0.845. The molecule has 0 spiro atoms. The maximum atomic E-state index is 5.53. The first-order valence-corrected chi connectivity index (χ1v) is 8.04. The van der Waals surface area contributed by atoms with Crippen LogP contribution in [0.15, 0.2) is 17.5 Å². The van der Waals surface area contributed by atoms with Crippen molar-refractivity contribution in [1.82, 2.24) is 10.2 Å².